The number of rotatable bonds is 10. The first-order valence-electron chi connectivity index (χ1n) is 8.43. The molecule has 2 atom stereocenters. The van der Waals surface area contributed by atoms with E-state index in [1.165, 1.54) is 4.90 Å². The maximum Gasteiger partial charge on any atom is 0.327 e. The lowest BCUT2D eigenvalue weighted by atomic mass is 9.78. The van der Waals surface area contributed by atoms with E-state index in [1.54, 1.807) is 0 Å². The summed E-state index contributed by atoms with van der Waals surface area (Å²) in [6.07, 6.45) is 2.63. The average Bonchev–Trinajstić information content (AvgIpc) is 2.71. The fraction of sp³-hybridized carbons (Fsp3) is 0.875. The molecule has 2 unspecified atom stereocenters. The highest BCUT2D eigenvalue weighted by molar-refractivity contribution is 6.07. The zero-order chi connectivity index (χ0) is 16.8. The molecular formula is C16H32N4O2. The Morgan fingerprint density at radius 1 is 1.09 bits per heavy atom. The van der Waals surface area contributed by atoms with Gasteiger partial charge in [0.2, 0.25) is 0 Å². The van der Waals surface area contributed by atoms with Crippen LogP contribution >= 0.6 is 0 Å². The first kappa shape index (κ1) is 18.9. The number of imide groups is 1. The van der Waals surface area contributed by atoms with Gasteiger partial charge in [-0.3, -0.25) is 9.69 Å². The second kappa shape index (κ2) is 8.48. The molecule has 0 saturated carbocycles. The van der Waals surface area contributed by atoms with E-state index < -0.39 is 5.54 Å². The van der Waals surface area contributed by atoms with Crippen molar-refractivity contribution in [3.8, 4) is 0 Å². The van der Waals surface area contributed by atoms with Gasteiger partial charge in [-0.2, -0.15) is 0 Å². The molecule has 1 saturated heterocycles. The van der Waals surface area contributed by atoms with Crippen LogP contribution in [-0.4, -0.2) is 67.6 Å². The molecule has 3 amide bonds. The third kappa shape index (κ3) is 3.27. The number of hydrogen-bond acceptors (Lipinski definition) is 4. The molecule has 0 spiro atoms. The highest BCUT2D eigenvalue weighted by Gasteiger charge is 2.57. The molecule has 1 fully saturated rings. The maximum absolute atomic E-state index is 13.1. The summed E-state index contributed by atoms with van der Waals surface area (Å²) >= 11 is 0. The molecule has 1 rings (SSSR count). The second-order valence-corrected chi connectivity index (χ2v) is 6.07. The van der Waals surface area contributed by atoms with Gasteiger partial charge >= 0.3 is 6.03 Å². The summed E-state index contributed by atoms with van der Waals surface area (Å²) < 4.78 is 0. The zero-order valence-corrected chi connectivity index (χ0v) is 14.7. The van der Waals surface area contributed by atoms with Gasteiger partial charge in [-0.15, -0.1) is 0 Å². The molecule has 0 aliphatic carbocycles. The summed E-state index contributed by atoms with van der Waals surface area (Å²) in [5.41, 5.74) is -0.683. The minimum Gasteiger partial charge on any atom is -0.318 e. The van der Waals surface area contributed by atoms with Crippen LogP contribution in [0.1, 0.15) is 40.0 Å². The SMILES string of the molecule is CCCC(C)C1(CC)C(=O)N(CCNC)C(=O)N1CCNC. The summed E-state index contributed by atoms with van der Waals surface area (Å²) in [6.45, 7) is 8.57. The lowest BCUT2D eigenvalue weighted by molar-refractivity contribution is -0.136. The maximum atomic E-state index is 13.1. The fourth-order valence-electron chi connectivity index (χ4n) is 3.53. The van der Waals surface area contributed by atoms with Crippen LogP contribution in [0.5, 0.6) is 0 Å². The molecule has 0 radical (unpaired) electrons. The van der Waals surface area contributed by atoms with Crippen molar-refractivity contribution in [1.82, 2.24) is 20.4 Å². The summed E-state index contributed by atoms with van der Waals surface area (Å²) in [5, 5.41) is 6.10. The number of nitrogens with one attached hydrogen (secondary N) is 2. The van der Waals surface area contributed by atoms with Gasteiger partial charge in [0, 0.05) is 26.2 Å². The molecule has 6 nitrogen and oxygen atoms in total. The molecule has 1 aliphatic rings. The average molecular weight is 312 g/mol. The Labute approximate surface area is 134 Å². The van der Waals surface area contributed by atoms with Gasteiger partial charge in [0.1, 0.15) is 5.54 Å². The Bertz CT molecular complexity index is 388. The lowest BCUT2D eigenvalue weighted by Gasteiger charge is -2.39. The van der Waals surface area contributed by atoms with Crippen molar-refractivity contribution in [1.29, 1.82) is 0 Å². The summed E-state index contributed by atoms with van der Waals surface area (Å²) in [5.74, 6) is 0.141. The zero-order valence-electron chi connectivity index (χ0n) is 14.7. The first-order valence-corrected chi connectivity index (χ1v) is 8.43. The van der Waals surface area contributed by atoms with Gasteiger partial charge in [0.25, 0.3) is 5.91 Å². The number of hydrogen-bond donors (Lipinski definition) is 2. The molecule has 22 heavy (non-hydrogen) atoms. The molecule has 1 aliphatic heterocycles. The minimum absolute atomic E-state index is 0.0210. The number of carbonyl (C=O) groups is 2. The van der Waals surface area contributed by atoms with E-state index in [1.807, 2.05) is 25.9 Å². The number of carbonyl (C=O) groups excluding carboxylic acids is 2. The second-order valence-electron chi connectivity index (χ2n) is 6.07. The van der Waals surface area contributed by atoms with Crippen molar-refractivity contribution in [3.63, 3.8) is 0 Å². The third-order valence-electron chi connectivity index (χ3n) is 4.81. The summed E-state index contributed by atoms with van der Waals surface area (Å²) in [4.78, 5) is 29.1. The van der Waals surface area contributed by atoms with Gasteiger partial charge in [-0.05, 0) is 32.9 Å². The molecule has 128 valence electrons. The van der Waals surface area contributed by atoms with E-state index in [0.29, 0.717) is 32.6 Å². The molecule has 0 aromatic rings. The molecule has 0 aromatic carbocycles. The quantitative estimate of drug-likeness (QED) is 0.596. The third-order valence-corrected chi connectivity index (χ3v) is 4.81. The minimum atomic E-state index is -0.683. The van der Waals surface area contributed by atoms with Crippen molar-refractivity contribution in [2.45, 2.75) is 45.6 Å². The predicted molar refractivity (Wildman–Crippen MR) is 88.8 cm³/mol. The molecule has 0 aromatic heterocycles. The molecular weight excluding hydrogens is 280 g/mol. The summed E-state index contributed by atoms with van der Waals surface area (Å²) in [6, 6.07) is -0.139. The number of urea groups is 1. The molecule has 1 heterocycles. The topological polar surface area (TPSA) is 64.7 Å². The van der Waals surface area contributed by atoms with Crippen molar-refractivity contribution in [3.05, 3.63) is 0 Å². The number of amides is 3. The predicted octanol–water partition coefficient (Wildman–Crippen LogP) is 1.27. The normalized spacial score (nSPS) is 23.5. The van der Waals surface area contributed by atoms with E-state index in [9.17, 15) is 9.59 Å². The van der Waals surface area contributed by atoms with E-state index in [2.05, 4.69) is 24.5 Å². The van der Waals surface area contributed by atoms with E-state index in [0.717, 1.165) is 12.8 Å². The van der Waals surface area contributed by atoms with E-state index in [4.69, 9.17) is 0 Å². The highest BCUT2D eigenvalue weighted by Crippen LogP contribution is 2.39. The van der Waals surface area contributed by atoms with Crippen molar-refractivity contribution in [2.24, 2.45) is 5.92 Å². The Morgan fingerprint density at radius 2 is 1.68 bits per heavy atom. The van der Waals surface area contributed by atoms with Crippen LogP contribution in [0, 0.1) is 5.92 Å². The van der Waals surface area contributed by atoms with Crippen LogP contribution in [0.4, 0.5) is 4.79 Å². The number of likely N-dealkylation sites (N-methyl/N-ethyl adjacent to an activating group) is 2. The van der Waals surface area contributed by atoms with Crippen molar-refractivity contribution < 1.29 is 9.59 Å². The van der Waals surface area contributed by atoms with Crippen LogP contribution in [-0.2, 0) is 4.79 Å². The van der Waals surface area contributed by atoms with Crippen molar-refractivity contribution in [2.75, 3.05) is 40.3 Å². The van der Waals surface area contributed by atoms with Gasteiger partial charge in [-0.1, -0.05) is 27.2 Å². The largest absolute Gasteiger partial charge is 0.327 e. The highest BCUT2D eigenvalue weighted by atomic mass is 16.2. The van der Waals surface area contributed by atoms with Gasteiger partial charge in [0.15, 0.2) is 0 Å². The van der Waals surface area contributed by atoms with Crippen LogP contribution in [0.15, 0.2) is 0 Å². The van der Waals surface area contributed by atoms with Crippen LogP contribution in [0.2, 0.25) is 0 Å². The van der Waals surface area contributed by atoms with Crippen LogP contribution in [0.25, 0.3) is 0 Å². The Kier molecular flexibility index (Phi) is 7.29. The molecule has 6 heteroatoms. The van der Waals surface area contributed by atoms with Gasteiger partial charge in [-0.25, -0.2) is 4.79 Å². The monoisotopic (exact) mass is 312 g/mol. The lowest BCUT2D eigenvalue weighted by Crippen LogP contribution is -2.55. The Morgan fingerprint density at radius 3 is 2.18 bits per heavy atom. The van der Waals surface area contributed by atoms with Crippen molar-refractivity contribution >= 4 is 11.9 Å². The van der Waals surface area contributed by atoms with E-state index in [-0.39, 0.29) is 17.9 Å². The molecule has 2 N–H and O–H groups in total. The number of nitrogens with zero attached hydrogens (tertiary/aromatic N) is 2. The standard InChI is InChI=1S/C16H32N4O2/c1-6-8-13(3)16(7-2)14(21)19(11-9-17-4)15(22)20(16)12-10-18-5/h13,17-18H,6-12H2,1-5H3. The fourth-order valence-corrected chi connectivity index (χ4v) is 3.53. The van der Waals surface area contributed by atoms with E-state index >= 15 is 0 Å². The van der Waals surface area contributed by atoms with Crippen LogP contribution in [0.3, 0.4) is 0 Å². The smallest absolute Gasteiger partial charge is 0.318 e. The first-order chi connectivity index (χ1) is 10.5. The van der Waals surface area contributed by atoms with Crippen LogP contribution < -0.4 is 10.6 Å². The Balaban J connectivity index is 3.15. The van der Waals surface area contributed by atoms with Gasteiger partial charge < -0.3 is 15.5 Å². The Hall–Kier alpha value is -1.14. The van der Waals surface area contributed by atoms with Gasteiger partial charge in [0.05, 0.1) is 0 Å². The molecule has 0 bridgehead atoms. The summed E-state index contributed by atoms with van der Waals surface area (Å²) in [7, 11) is 3.70.